The fraction of sp³-hybridized carbons (Fsp3) is 0.400. The van der Waals surface area contributed by atoms with Gasteiger partial charge in [0.1, 0.15) is 5.02 Å². The molecule has 0 radical (unpaired) electrons. The van der Waals surface area contributed by atoms with Crippen LogP contribution in [0.2, 0.25) is 15.1 Å². The highest BCUT2D eigenvalue weighted by atomic mass is 35.5. The van der Waals surface area contributed by atoms with Gasteiger partial charge in [-0.15, -0.1) is 0 Å². The predicted molar refractivity (Wildman–Crippen MR) is 63.7 cm³/mol. The molecule has 5 heteroatoms. The summed E-state index contributed by atoms with van der Waals surface area (Å²) in [4.78, 5) is 0. The average molecular weight is 270 g/mol. The van der Waals surface area contributed by atoms with Gasteiger partial charge >= 0.3 is 0 Å². The third kappa shape index (κ3) is 2.27. The van der Waals surface area contributed by atoms with Gasteiger partial charge in [0.05, 0.1) is 17.2 Å². The number of rotatable bonds is 3. The zero-order valence-electron chi connectivity index (χ0n) is 8.40. The van der Waals surface area contributed by atoms with Gasteiger partial charge in [-0.1, -0.05) is 48.1 Å². The Bertz CT molecular complexity index is 378. The second-order valence-corrected chi connectivity index (χ2v) is 4.19. The van der Waals surface area contributed by atoms with Crippen molar-refractivity contribution in [1.29, 1.82) is 0 Å². The number of ether oxygens (including phenoxy) is 1. The maximum atomic E-state index is 9.63. The molecule has 0 saturated heterocycles. The summed E-state index contributed by atoms with van der Waals surface area (Å²) in [7, 11) is 1.42. The molecule has 1 aromatic carbocycles. The van der Waals surface area contributed by atoms with Crippen LogP contribution < -0.4 is 4.74 Å². The van der Waals surface area contributed by atoms with Gasteiger partial charge in [-0.3, -0.25) is 0 Å². The fourth-order valence-electron chi connectivity index (χ4n) is 1.33. The third-order valence-corrected chi connectivity index (χ3v) is 3.33. The van der Waals surface area contributed by atoms with Crippen LogP contribution in [0.5, 0.6) is 11.5 Å². The Morgan fingerprint density at radius 1 is 1.13 bits per heavy atom. The van der Waals surface area contributed by atoms with Gasteiger partial charge in [-0.2, -0.15) is 0 Å². The SMILES string of the molecule is CCCc1c(Cl)c(Cl)c(O)c(OC)c1Cl. The summed E-state index contributed by atoms with van der Waals surface area (Å²) in [5.41, 5.74) is 0.709. The van der Waals surface area contributed by atoms with Crippen LogP contribution in [0, 0.1) is 0 Å². The van der Waals surface area contributed by atoms with Crippen LogP contribution in [0.1, 0.15) is 18.9 Å². The predicted octanol–water partition coefficient (Wildman–Crippen LogP) is 4.31. The van der Waals surface area contributed by atoms with E-state index in [2.05, 4.69) is 0 Å². The highest BCUT2D eigenvalue weighted by molar-refractivity contribution is 6.45. The lowest BCUT2D eigenvalue weighted by Gasteiger charge is -2.13. The molecule has 1 N–H and O–H groups in total. The number of phenols is 1. The van der Waals surface area contributed by atoms with E-state index in [4.69, 9.17) is 39.5 Å². The minimum atomic E-state index is -0.214. The minimum Gasteiger partial charge on any atom is -0.503 e. The summed E-state index contributed by atoms with van der Waals surface area (Å²) >= 11 is 17.9. The lowest BCUT2D eigenvalue weighted by atomic mass is 10.1. The Kier molecular flexibility index (Phi) is 4.38. The molecule has 15 heavy (non-hydrogen) atoms. The molecule has 0 aliphatic heterocycles. The second-order valence-electron chi connectivity index (χ2n) is 3.05. The van der Waals surface area contributed by atoms with E-state index in [0.717, 1.165) is 6.42 Å². The first-order valence-electron chi connectivity index (χ1n) is 4.46. The Balaban J connectivity index is 3.45. The second kappa shape index (κ2) is 5.15. The maximum Gasteiger partial charge on any atom is 0.181 e. The highest BCUT2D eigenvalue weighted by Gasteiger charge is 2.20. The van der Waals surface area contributed by atoms with Gasteiger partial charge in [-0.25, -0.2) is 0 Å². The van der Waals surface area contributed by atoms with E-state index in [-0.39, 0.29) is 16.5 Å². The number of halogens is 3. The zero-order chi connectivity index (χ0) is 11.6. The Morgan fingerprint density at radius 3 is 2.20 bits per heavy atom. The zero-order valence-corrected chi connectivity index (χ0v) is 10.7. The lowest BCUT2D eigenvalue weighted by molar-refractivity contribution is 0.373. The summed E-state index contributed by atoms with van der Waals surface area (Å²) in [6.07, 6.45) is 1.57. The molecule has 1 aromatic rings. The van der Waals surface area contributed by atoms with E-state index in [0.29, 0.717) is 22.0 Å². The Hall–Kier alpha value is -0.310. The third-order valence-electron chi connectivity index (χ3n) is 2.05. The first-order valence-corrected chi connectivity index (χ1v) is 5.60. The largest absolute Gasteiger partial charge is 0.503 e. The fourth-order valence-corrected chi connectivity index (χ4v) is 2.21. The number of hydrogen-bond donors (Lipinski definition) is 1. The average Bonchev–Trinajstić information content (AvgIpc) is 2.22. The van der Waals surface area contributed by atoms with Crippen molar-refractivity contribution in [2.24, 2.45) is 0 Å². The van der Waals surface area contributed by atoms with Crippen LogP contribution in [0.4, 0.5) is 0 Å². The summed E-state index contributed by atoms with van der Waals surface area (Å²) in [5.74, 6) is -0.0384. The van der Waals surface area contributed by atoms with E-state index >= 15 is 0 Å². The standard InChI is InChI=1S/C10H11Cl3O2/c1-3-4-5-6(11)8(13)9(14)10(15-2)7(5)12/h14H,3-4H2,1-2H3. The van der Waals surface area contributed by atoms with Gasteiger partial charge in [0.2, 0.25) is 0 Å². The van der Waals surface area contributed by atoms with Crippen molar-refractivity contribution >= 4 is 34.8 Å². The van der Waals surface area contributed by atoms with E-state index in [9.17, 15) is 5.11 Å². The van der Waals surface area contributed by atoms with Crippen molar-refractivity contribution < 1.29 is 9.84 Å². The molecule has 2 nitrogen and oxygen atoms in total. The molecule has 84 valence electrons. The number of hydrogen-bond acceptors (Lipinski definition) is 2. The smallest absolute Gasteiger partial charge is 0.181 e. The van der Waals surface area contributed by atoms with Crippen molar-refractivity contribution in [3.05, 3.63) is 20.6 Å². The quantitative estimate of drug-likeness (QED) is 0.828. The van der Waals surface area contributed by atoms with Crippen LogP contribution in [-0.2, 0) is 6.42 Å². The van der Waals surface area contributed by atoms with Crippen LogP contribution in [0.15, 0.2) is 0 Å². The lowest BCUT2D eigenvalue weighted by Crippen LogP contribution is -1.94. The summed E-state index contributed by atoms with van der Waals surface area (Å²) < 4.78 is 4.97. The number of phenolic OH excluding ortho intramolecular Hbond substituents is 1. The summed E-state index contributed by atoms with van der Waals surface area (Å²) in [5, 5.41) is 10.3. The van der Waals surface area contributed by atoms with Crippen molar-refractivity contribution in [3.8, 4) is 11.5 Å². The molecule has 0 aliphatic carbocycles. The molecular weight excluding hydrogens is 258 g/mol. The van der Waals surface area contributed by atoms with E-state index < -0.39 is 0 Å². The van der Waals surface area contributed by atoms with Gasteiger partial charge < -0.3 is 9.84 Å². The molecule has 0 spiro atoms. The van der Waals surface area contributed by atoms with E-state index in [1.165, 1.54) is 7.11 Å². The molecule has 1 rings (SSSR count). The molecule has 0 aliphatic rings. The first-order chi connectivity index (χ1) is 7.04. The molecule has 0 aromatic heterocycles. The van der Waals surface area contributed by atoms with Gasteiger partial charge in [0, 0.05) is 0 Å². The molecule has 0 amide bonds. The number of benzene rings is 1. The molecule has 0 heterocycles. The maximum absolute atomic E-state index is 9.63. The van der Waals surface area contributed by atoms with E-state index in [1.807, 2.05) is 6.92 Å². The van der Waals surface area contributed by atoms with Crippen LogP contribution >= 0.6 is 34.8 Å². The van der Waals surface area contributed by atoms with Crippen LogP contribution in [0.3, 0.4) is 0 Å². The topological polar surface area (TPSA) is 29.5 Å². The van der Waals surface area contributed by atoms with Crippen molar-refractivity contribution in [1.82, 2.24) is 0 Å². The molecule has 0 saturated carbocycles. The van der Waals surface area contributed by atoms with Gasteiger partial charge in [0.15, 0.2) is 11.5 Å². The molecular formula is C10H11Cl3O2. The highest BCUT2D eigenvalue weighted by Crippen LogP contribution is 2.47. The molecule has 0 atom stereocenters. The first kappa shape index (κ1) is 12.8. The van der Waals surface area contributed by atoms with Crippen molar-refractivity contribution in [2.75, 3.05) is 7.11 Å². The molecule has 0 bridgehead atoms. The molecule has 0 unspecified atom stereocenters. The number of aromatic hydroxyl groups is 1. The minimum absolute atomic E-state index is 0.0846. The van der Waals surface area contributed by atoms with Gasteiger partial charge in [0.25, 0.3) is 0 Å². The monoisotopic (exact) mass is 268 g/mol. The van der Waals surface area contributed by atoms with Crippen molar-refractivity contribution in [3.63, 3.8) is 0 Å². The van der Waals surface area contributed by atoms with Gasteiger partial charge in [-0.05, 0) is 12.0 Å². The summed E-state index contributed by atoms with van der Waals surface area (Å²) in [6, 6.07) is 0. The Morgan fingerprint density at radius 2 is 1.73 bits per heavy atom. The number of methoxy groups -OCH3 is 1. The normalized spacial score (nSPS) is 10.5. The molecule has 0 fully saturated rings. The van der Waals surface area contributed by atoms with Crippen molar-refractivity contribution in [2.45, 2.75) is 19.8 Å². The van der Waals surface area contributed by atoms with Crippen LogP contribution in [0.25, 0.3) is 0 Å². The summed E-state index contributed by atoms with van der Waals surface area (Å²) in [6.45, 7) is 2.00. The van der Waals surface area contributed by atoms with Crippen LogP contribution in [-0.4, -0.2) is 12.2 Å². The Labute approximate surface area is 104 Å². The van der Waals surface area contributed by atoms with E-state index in [1.54, 1.807) is 0 Å².